The van der Waals surface area contributed by atoms with Crippen LogP contribution in [0.5, 0.6) is 0 Å². The van der Waals surface area contributed by atoms with Gasteiger partial charge in [0.05, 0.1) is 0 Å². The van der Waals surface area contributed by atoms with Gasteiger partial charge in [0.2, 0.25) is 0 Å². The Morgan fingerprint density at radius 2 is 2.00 bits per heavy atom. The summed E-state index contributed by atoms with van der Waals surface area (Å²) in [6.45, 7) is 5.45. The van der Waals surface area contributed by atoms with E-state index in [1.165, 1.54) is 36.1 Å². The molecule has 0 spiro atoms. The van der Waals surface area contributed by atoms with E-state index >= 15 is 0 Å². The summed E-state index contributed by atoms with van der Waals surface area (Å²) < 4.78 is 0. The zero-order chi connectivity index (χ0) is 12.0. The maximum Gasteiger partial charge on any atom is 0.0494 e. The molecule has 0 heterocycles. The molecule has 0 aliphatic rings. The standard InChI is InChI=1S/C14H22ClN/c1-4-5-6-9-16(3)14-8-7-12(2)10-13(14)11-15/h7-8,10H,4-6,9,11H2,1-3H3. The van der Waals surface area contributed by atoms with Gasteiger partial charge in [-0.25, -0.2) is 0 Å². The average Bonchev–Trinajstić information content (AvgIpc) is 2.29. The molecule has 0 aliphatic carbocycles. The number of hydrogen-bond acceptors (Lipinski definition) is 1. The fourth-order valence-electron chi connectivity index (χ4n) is 1.91. The van der Waals surface area contributed by atoms with Crippen molar-refractivity contribution in [2.75, 3.05) is 18.5 Å². The van der Waals surface area contributed by atoms with Crippen LogP contribution in [0.15, 0.2) is 18.2 Å². The summed E-state index contributed by atoms with van der Waals surface area (Å²) >= 11 is 5.98. The van der Waals surface area contributed by atoms with Crippen molar-refractivity contribution in [1.29, 1.82) is 0 Å². The molecule has 90 valence electrons. The molecule has 0 radical (unpaired) electrons. The monoisotopic (exact) mass is 239 g/mol. The molecule has 0 fully saturated rings. The molecular formula is C14H22ClN. The highest BCUT2D eigenvalue weighted by Crippen LogP contribution is 2.23. The first-order chi connectivity index (χ1) is 7.69. The van der Waals surface area contributed by atoms with Crippen LogP contribution >= 0.6 is 11.6 Å². The number of aryl methyl sites for hydroxylation is 1. The van der Waals surface area contributed by atoms with Gasteiger partial charge in [-0.2, -0.15) is 0 Å². The van der Waals surface area contributed by atoms with Crippen LogP contribution in [0.3, 0.4) is 0 Å². The molecule has 1 aromatic carbocycles. The van der Waals surface area contributed by atoms with Crippen LogP contribution in [0.25, 0.3) is 0 Å². The first-order valence-corrected chi connectivity index (χ1v) is 6.59. The summed E-state index contributed by atoms with van der Waals surface area (Å²) in [4.78, 5) is 2.31. The molecule has 0 aliphatic heterocycles. The van der Waals surface area contributed by atoms with Crippen molar-refractivity contribution < 1.29 is 0 Å². The van der Waals surface area contributed by atoms with Gasteiger partial charge in [0.1, 0.15) is 0 Å². The molecule has 0 saturated carbocycles. The molecule has 0 unspecified atom stereocenters. The number of rotatable bonds is 6. The quantitative estimate of drug-likeness (QED) is 0.527. The zero-order valence-corrected chi connectivity index (χ0v) is 11.3. The lowest BCUT2D eigenvalue weighted by Gasteiger charge is -2.22. The Kier molecular flexibility index (Phi) is 5.68. The Hall–Kier alpha value is -0.690. The molecule has 0 bridgehead atoms. The summed E-state index contributed by atoms with van der Waals surface area (Å²) in [5, 5.41) is 0. The molecule has 0 N–H and O–H groups in total. The maximum absolute atomic E-state index is 5.98. The smallest absolute Gasteiger partial charge is 0.0494 e. The van der Waals surface area contributed by atoms with Crippen molar-refractivity contribution in [2.45, 2.75) is 39.0 Å². The number of anilines is 1. The molecule has 1 rings (SSSR count). The van der Waals surface area contributed by atoms with Gasteiger partial charge in [0.15, 0.2) is 0 Å². The van der Waals surface area contributed by atoms with Crippen molar-refractivity contribution in [3.05, 3.63) is 29.3 Å². The largest absolute Gasteiger partial charge is 0.374 e. The van der Waals surface area contributed by atoms with E-state index in [0.717, 1.165) is 6.54 Å². The van der Waals surface area contributed by atoms with Crippen LogP contribution in [-0.2, 0) is 5.88 Å². The summed E-state index contributed by atoms with van der Waals surface area (Å²) in [6.07, 6.45) is 3.82. The second-order valence-corrected chi connectivity index (χ2v) is 4.66. The molecule has 2 heteroatoms. The Balaban J connectivity index is 2.70. The fraction of sp³-hybridized carbons (Fsp3) is 0.571. The highest BCUT2D eigenvalue weighted by Gasteiger charge is 2.06. The van der Waals surface area contributed by atoms with E-state index in [1.54, 1.807) is 0 Å². The highest BCUT2D eigenvalue weighted by atomic mass is 35.5. The minimum absolute atomic E-state index is 0.592. The number of unbranched alkanes of at least 4 members (excludes halogenated alkanes) is 2. The first-order valence-electron chi connectivity index (χ1n) is 6.05. The van der Waals surface area contributed by atoms with E-state index in [4.69, 9.17) is 11.6 Å². The zero-order valence-electron chi connectivity index (χ0n) is 10.6. The summed E-state index contributed by atoms with van der Waals surface area (Å²) in [6, 6.07) is 6.51. The van der Waals surface area contributed by atoms with Gasteiger partial charge < -0.3 is 4.90 Å². The molecule has 0 amide bonds. The van der Waals surface area contributed by atoms with Crippen molar-refractivity contribution in [3.63, 3.8) is 0 Å². The van der Waals surface area contributed by atoms with Crippen molar-refractivity contribution >= 4 is 17.3 Å². The molecular weight excluding hydrogens is 218 g/mol. The number of alkyl halides is 1. The van der Waals surface area contributed by atoms with Gasteiger partial charge >= 0.3 is 0 Å². The van der Waals surface area contributed by atoms with Gasteiger partial charge in [-0.05, 0) is 25.0 Å². The molecule has 0 aromatic heterocycles. The van der Waals surface area contributed by atoms with E-state index in [-0.39, 0.29) is 0 Å². The predicted molar refractivity (Wildman–Crippen MR) is 73.5 cm³/mol. The van der Waals surface area contributed by atoms with E-state index < -0.39 is 0 Å². The first kappa shape index (κ1) is 13.4. The molecule has 1 aromatic rings. The third kappa shape index (κ3) is 3.71. The lowest BCUT2D eigenvalue weighted by molar-refractivity contribution is 0.704. The third-order valence-corrected chi connectivity index (χ3v) is 3.18. The SMILES string of the molecule is CCCCCN(C)c1ccc(C)cc1CCl. The highest BCUT2D eigenvalue weighted by molar-refractivity contribution is 6.17. The van der Waals surface area contributed by atoms with Crippen molar-refractivity contribution in [1.82, 2.24) is 0 Å². The third-order valence-electron chi connectivity index (χ3n) is 2.89. The molecule has 0 atom stereocenters. The van der Waals surface area contributed by atoms with Gasteiger partial charge in [-0.15, -0.1) is 11.6 Å². The van der Waals surface area contributed by atoms with Crippen LogP contribution in [0.4, 0.5) is 5.69 Å². The van der Waals surface area contributed by atoms with Gasteiger partial charge in [-0.1, -0.05) is 37.5 Å². The summed E-state index contributed by atoms with van der Waals surface area (Å²) in [5.41, 5.74) is 3.79. The molecule has 1 nitrogen and oxygen atoms in total. The second-order valence-electron chi connectivity index (χ2n) is 4.39. The Morgan fingerprint density at radius 3 is 2.62 bits per heavy atom. The summed E-state index contributed by atoms with van der Waals surface area (Å²) in [5.74, 6) is 0.592. The average molecular weight is 240 g/mol. The van der Waals surface area contributed by atoms with Crippen LogP contribution in [0.1, 0.15) is 37.3 Å². The number of benzene rings is 1. The van der Waals surface area contributed by atoms with Crippen LogP contribution < -0.4 is 4.90 Å². The maximum atomic E-state index is 5.98. The lowest BCUT2D eigenvalue weighted by atomic mass is 10.1. The fourth-order valence-corrected chi connectivity index (χ4v) is 2.13. The van der Waals surface area contributed by atoms with Crippen molar-refractivity contribution in [3.8, 4) is 0 Å². The minimum Gasteiger partial charge on any atom is -0.374 e. The minimum atomic E-state index is 0.592. The number of halogens is 1. The Labute approximate surface area is 104 Å². The Morgan fingerprint density at radius 1 is 1.25 bits per heavy atom. The molecule has 0 saturated heterocycles. The van der Waals surface area contributed by atoms with Gasteiger partial charge in [0, 0.05) is 25.2 Å². The lowest BCUT2D eigenvalue weighted by Crippen LogP contribution is -2.19. The van der Waals surface area contributed by atoms with Crippen LogP contribution in [0.2, 0.25) is 0 Å². The van der Waals surface area contributed by atoms with E-state index in [1.807, 2.05) is 0 Å². The van der Waals surface area contributed by atoms with E-state index in [9.17, 15) is 0 Å². The van der Waals surface area contributed by atoms with Gasteiger partial charge in [-0.3, -0.25) is 0 Å². The van der Waals surface area contributed by atoms with Crippen LogP contribution in [-0.4, -0.2) is 13.6 Å². The van der Waals surface area contributed by atoms with Crippen molar-refractivity contribution in [2.24, 2.45) is 0 Å². The molecule has 16 heavy (non-hydrogen) atoms. The predicted octanol–water partition coefficient (Wildman–Crippen LogP) is 4.36. The number of nitrogens with zero attached hydrogens (tertiary/aromatic N) is 1. The Bertz CT molecular complexity index is 323. The van der Waals surface area contributed by atoms with E-state index in [2.05, 4.69) is 44.0 Å². The summed E-state index contributed by atoms with van der Waals surface area (Å²) in [7, 11) is 2.15. The topological polar surface area (TPSA) is 3.24 Å². The van der Waals surface area contributed by atoms with E-state index in [0.29, 0.717) is 5.88 Å². The number of hydrogen-bond donors (Lipinski definition) is 0. The van der Waals surface area contributed by atoms with Crippen LogP contribution in [0, 0.1) is 6.92 Å². The second kappa shape index (κ2) is 6.80. The van der Waals surface area contributed by atoms with Gasteiger partial charge in [0.25, 0.3) is 0 Å². The normalized spacial score (nSPS) is 10.5.